The van der Waals surface area contributed by atoms with Gasteiger partial charge in [-0.2, -0.15) is 0 Å². The van der Waals surface area contributed by atoms with Crippen molar-refractivity contribution in [2.24, 2.45) is 5.92 Å². The maximum Gasteiger partial charge on any atom is 0.240 e. The lowest BCUT2D eigenvalue weighted by atomic mass is 9.92. The average Bonchev–Trinajstić information content (AvgIpc) is 3.98. The number of amides is 2. The first kappa shape index (κ1) is 36.2. The SMILES string of the molecule is C[C@H]1CCCC[C@H]2CC[C@@H](CC3=C(c4[nH]c5ccccc5c4C[C@@H]4CC[C@@H]5CCCC[C@H](NCC(=O)c6ccccc6)C(=O)N54)Cc4ccccc43)N2C1=O. The molecule has 4 aromatic rings. The van der Waals surface area contributed by atoms with Gasteiger partial charge in [0.05, 0.1) is 12.6 Å². The molecule has 286 valence electrons. The smallest absolute Gasteiger partial charge is 0.240 e. The van der Waals surface area contributed by atoms with E-state index in [2.05, 4.69) is 75.6 Å². The van der Waals surface area contributed by atoms with Crippen molar-refractivity contribution in [3.05, 3.63) is 107 Å². The van der Waals surface area contributed by atoms with Crippen LogP contribution in [0.1, 0.15) is 123 Å². The van der Waals surface area contributed by atoms with E-state index in [1.807, 2.05) is 30.3 Å². The van der Waals surface area contributed by atoms with E-state index in [-0.39, 0.29) is 48.3 Å². The van der Waals surface area contributed by atoms with E-state index in [1.165, 1.54) is 45.3 Å². The number of para-hydroxylation sites is 1. The molecule has 0 unspecified atom stereocenters. The van der Waals surface area contributed by atoms with Crippen LogP contribution in [-0.4, -0.2) is 69.1 Å². The molecule has 4 saturated heterocycles. The van der Waals surface area contributed by atoms with Crippen LogP contribution in [0.2, 0.25) is 0 Å². The number of aromatic nitrogens is 1. The summed E-state index contributed by atoms with van der Waals surface area (Å²) in [4.78, 5) is 50.1. The van der Waals surface area contributed by atoms with Gasteiger partial charge >= 0.3 is 0 Å². The highest BCUT2D eigenvalue weighted by atomic mass is 16.2. The van der Waals surface area contributed by atoms with Crippen molar-refractivity contribution in [2.45, 2.75) is 133 Å². The molecule has 7 heteroatoms. The number of carbonyl (C=O) groups excluding carboxylic acids is 3. The van der Waals surface area contributed by atoms with Crippen LogP contribution < -0.4 is 5.32 Å². The number of nitrogens with zero attached hydrogens (tertiary/aromatic N) is 2. The highest BCUT2D eigenvalue weighted by Gasteiger charge is 2.43. The maximum atomic E-state index is 14.6. The first-order valence-electron chi connectivity index (χ1n) is 21.3. The second-order valence-corrected chi connectivity index (χ2v) is 17.2. The summed E-state index contributed by atoms with van der Waals surface area (Å²) >= 11 is 0. The lowest BCUT2D eigenvalue weighted by Gasteiger charge is -2.36. The number of hydrogen-bond donors (Lipinski definition) is 2. The van der Waals surface area contributed by atoms with Gasteiger partial charge in [-0.1, -0.05) is 105 Å². The van der Waals surface area contributed by atoms with Crippen LogP contribution >= 0.6 is 0 Å². The molecule has 0 bridgehead atoms. The van der Waals surface area contributed by atoms with Crippen molar-refractivity contribution in [1.29, 1.82) is 0 Å². The summed E-state index contributed by atoms with van der Waals surface area (Å²) < 4.78 is 0. The normalized spacial score (nSPS) is 27.1. The molecule has 55 heavy (non-hydrogen) atoms. The van der Waals surface area contributed by atoms with Crippen LogP contribution in [0.4, 0.5) is 0 Å². The zero-order valence-electron chi connectivity index (χ0n) is 32.4. The predicted molar refractivity (Wildman–Crippen MR) is 220 cm³/mol. The van der Waals surface area contributed by atoms with Crippen LogP contribution in [0, 0.1) is 5.92 Å². The van der Waals surface area contributed by atoms with Crippen LogP contribution in [0.5, 0.6) is 0 Å². The quantitative estimate of drug-likeness (QED) is 0.168. The molecule has 7 nitrogen and oxygen atoms in total. The third kappa shape index (κ3) is 6.98. The van der Waals surface area contributed by atoms with Crippen LogP contribution in [0.15, 0.2) is 78.9 Å². The Kier molecular flexibility index (Phi) is 10.2. The van der Waals surface area contributed by atoms with E-state index in [1.54, 1.807) is 0 Å². The minimum Gasteiger partial charge on any atom is -0.355 e. The molecule has 2 N–H and O–H groups in total. The topological polar surface area (TPSA) is 85.5 Å². The molecule has 9 rings (SSSR count). The highest BCUT2D eigenvalue weighted by Crippen LogP contribution is 2.46. The Hall–Kier alpha value is -4.49. The van der Waals surface area contributed by atoms with Gasteiger partial charge in [0.1, 0.15) is 0 Å². The van der Waals surface area contributed by atoms with Gasteiger partial charge in [-0.05, 0) is 98.1 Å². The molecular formula is C48H56N4O3. The zero-order valence-corrected chi connectivity index (χ0v) is 32.4. The van der Waals surface area contributed by atoms with E-state index in [9.17, 15) is 14.4 Å². The van der Waals surface area contributed by atoms with E-state index in [4.69, 9.17) is 0 Å². The third-order valence-corrected chi connectivity index (χ3v) is 13.8. The molecule has 2 amide bonds. The number of fused-ring (bicyclic) bond motifs is 4. The number of aromatic amines is 1. The number of hydrogen-bond acceptors (Lipinski definition) is 4. The van der Waals surface area contributed by atoms with Crippen LogP contribution in [-0.2, 0) is 22.4 Å². The Morgan fingerprint density at radius 1 is 0.709 bits per heavy atom. The van der Waals surface area contributed by atoms with Gasteiger partial charge in [-0.25, -0.2) is 0 Å². The maximum absolute atomic E-state index is 14.6. The lowest BCUT2D eigenvalue weighted by Crippen LogP contribution is -2.53. The van der Waals surface area contributed by atoms with E-state index < -0.39 is 0 Å². The average molecular weight is 737 g/mol. The van der Waals surface area contributed by atoms with E-state index >= 15 is 0 Å². The lowest BCUT2D eigenvalue weighted by molar-refractivity contribution is -0.139. The van der Waals surface area contributed by atoms with Crippen molar-refractivity contribution >= 4 is 39.6 Å². The van der Waals surface area contributed by atoms with Crippen molar-refractivity contribution < 1.29 is 14.4 Å². The molecule has 4 aliphatic heterocycles. The summed E-state index contributed by atoms with van der Waals surface area (Å²) in [5.41, 5.74) is 9.76. The van der Waals surface area contributed by atoms with Crippen molar-refractivity contribution in [1.82, 2.24) is 20.1 Å². The van der Waals surface area contributed by atoms with E-state index in [0.29, 0.717) is 17.5 Å². The standard InChI is InChI=1S/C48H56N4O3/c1-31-13-5-7-17-34-23-25-36(51(34)47(31)54)28-40-38-19-9-6-16-33(38)27-41(40)46-42(39-20-10-12-21-43(39)50-46)29-37-26-24-35-18-8-11-22-44(48(55)52(35)37)49-30-45(53)32-14-3-2-4-15-32/h2-4,6,9-10,12,14-16,19-21,31,34-37,44,49-50H,5,7-8,11,13,17-18,22-30H2,1H3/t31-,34-,35-,36-,37-,44-/m0/s1. The number of Topliss-reactive ketones (excluding diaryl/α,β-unsaturated/α-hetero) is 1. The number of ketones is 1. The van der Waals surface area contributed by atoms with Crippen molar-refractivity contribution in [2.75, 3.05) is 6.54 Å². The highest BCUT2D eigenvalue weighted by molar-refractivity contribution is 6.01. The zero-order chi connectivity index (χ0) is 37.5. The van der Waals surface area contributed by atoms with Crippen LogP contribution in [0.3, 0.4) is 0 Å². The molecule has 0 spiro atoms. The number of H-pyrrole nitrogens is 1. The predicted octanol–water partition coefficient (Wildman–Crippen LogP) is 8.91. The molecular weight excluding hydrogens is 681 g/mol. The molecule has 3 aromatic carbocycles. The summed E-state index contributed by atoms with van der Waals surface area (Å²) in [7, 11) is 0. The first-order valence-corrected chi connectivity index (χ1v) is 21.3. The summed E-state index contributed by atoms with van der Waals surface area (Å²) in [5, 5.41) is 4.65. The molecule has 1 aromatic heterocycles. The van der Waals surface area contributed by atoms with Gasteiger partial charge in [-0.15, -0.1) is 0 Å². The van der Waals surface area contributed by atoms with Gasteiger partial charge in [0, 0.05) is 58.7 Å². The van der Waals surface area contributed by atoms with Gasteiger partial charge in [-0.3, -0.25) is 19.7 Å². The second-order valence-electron chi connectivity index (χ2n) is 17.2. The van der Waals surface area contributed by atoms with Gasteiger partial charge < -0.3 is 14.8 Å². The van der Waals surface area contributed by atoms with Gasteiger partial charge in [0.2, 0.25) is 11.8 Å². The van der Waals surface area contributed by atoms with Crippen molar-refractivity contribution in [3.63, 3.8) is 0 Å². The minimum absolute atomic E-state index is 0.0217. The van der Waals surface area contributed by atoms with Gasteiger partial charge in [0.25, 0.3) is 0 Å². The molecule has 4 fully saturated rings. The Labute approximate surface area is 325 Å². The number of allylic oxidation sites excluding steroid dienone is 1. The Morgan fingerprint density at radius 3 is 2.16 bits per heavy atom. The van der Waals surface area contributed by atoms with Gasteiger partial charge in [0.15, 0.2) is 5.78 Å². The number of benzene rings is 3. The molecule has 5 heterocycles. The minimum atomic E-state index is -0.360. The Morgan fingerprint density at radius 2 is 1.36 bits per heavy atom. The molecule has 1 aliphatic carbocycles. The molecule has 5 aliphatic rings. The van der Waals surface area contributed by atoms with Crippen LogP contribution in [0.25, 0.3) is 22.0 Å². The molecule has 0 saturated carbocycles. The summed E-state index contributed by atoms with van der Waals surface area (Å²) in [6, 6.07) is 27.5. The fraction of sp³-hybridized carbons (Fsp3) is 0.479. The first-order chi connectivity index (χ1) is 26.9. The number of rotatable bonds is 9. The Balaban J connectivity index is 1.04. The Bertz CT molecular complexity index is 2100. The van der Waals surface area contributed by atoms with Crippen molar-refractivity contribution in [3.8, 4) is 0 Å². The molecule has 0 radical (unpaired) electrons. The monoisotopic (exact) mass is 736 g/mol. The fourth-order valence-corrected chi connectivity index (χ4v) is 11.0. The third-order valence-electron chi connectivity index (χ3n) is 13.8. The van der Waals surface area contributed by atoms with E-state index in [0.717, 1.165) is 95.4 Å². The summed E-state index contributed by atoms with van der Waals surface area (Å²) in [6.45, 7) is 2.30. The summed E-state index contributed by atoms with van der Waals surface area (Å²) in [6.07, 6.45) is 15.1. The fourth-order valence-electron chi connectivity index (χ4n) is 11.0. The number of nitrogens with one attached hydrogen (secondary N) is 2. The number of carbonyl (C=O) groups is 3. The molecule has 6 atom stereocenters. The largest absolute Gasteiger partial charge is 0.355 e. The second kappa shape index (κ2) is 15.6. The summed E-state index contributed by atoms with van der Waals surface area (Å²) in [5.74, 6) is 0.630.